The van der Waals surface area contributed by atoms with Crippen LogP contribution in [0.25, 0.3) is 11.3 Å². The van der Waals surface area contributed by atoms with E-state index in [0.29, 0.717) is 12.3 Å². The highest BCUT2D eigenvalue weighted by molar-refractivity contribution is 5.60. The van der Waals surface area contributed by atoms with Gasteiger partial charge in [-0.15, -0.1) is 0 Å². The molecule has 21 heavy (non-hydrogen) atoms. The minimum absolute atomic E-state index is 0.0318. The molecule has 0 aliphatic rings. The van der Waals surface area contributed by atoms with Crippen LogP contribution in [-0.4, -0.2) is 4.98 Å². The Morgan fingerprint density at radius 1 is 0.905 bits per heavy atom. The van der Waals surface area contributed by atoms with Crippen molar-refractivity contribution >= 4 is 0 Å². The number of aromatic nitrogens is 1. The van der Waals surface area contributed by atoms with E-state index in [4.69, 9.17) is 0 Å². The first-order chi connectivity index (χ1) is 9.59. The summed E-state index contributed by atoms with van der Waals surface area (Å²) >= 11 is 0. The van der Waals surface area contributed by atoms with Gasteiger partial charge >= 0.3 is 12.4 Å². The molecule has 0 saturated heterocycles. The Kier molecular flexibility index (Phi) is 3.56. The minimum Gasteiger partial charge on any atom is -0.360 e. The van der Waals surface area contributed by atoms with Crippen LogP contribution in [0, 0.1) is 0 Å². The van der Waals surface area contributed by atoms with Crippen LogP contribution < -0.4 is 5.43 Å². The van der Waals surface area contributed by atoms with Gasteiger partial charge < -0.3 is 4.98 Å². The molecule has 1 aromatic heterocycles. The summed E-state index contributed by atoms with van der Waals surface area (Å²) in [5, 5.41) is 0. The smallest absolute Gasteiger partial charge is 0.360 e. The topological polar surface area (TPSA) is 32.9 Å². The summed E-state index contributed by atoms with van der Waals surface area (Å²) in [7, 11) is 0. The molecule has 0 fully saturated rings. The molecule has 2 aromatic rings. The van der Waals surface area contributed by atoms with Crippen LogP contribution >= 0.6 is 0 Å². The molecular weight excluding hydrogens is 300 g/mol. The average molecular weight is 307 g/mol. The maximum atomic E-state index is 12.6. The molecule has 0 amide bonds. The highest BCUT2D eigenvalue weighted by Gasteiger charge is 2.34. The van der Waals surface area contributed by atoms with Crippen LogP contribution in [0.5, 0.6) is 0 Å². The molecule has 0 unspecified atom stereocenters. The van der Waals surface area contributed by atoms with Gasteiger partial charge in [0.15, 0.2) is 5.43 Å². The average Bonchev–Trinajstić information content (AvgIpc) is 2.36. The van der Waals surface area contributed by atoms with Crippen molar-refractivity contribution in [3.05, 3.63) is 57.9 Å². The molecule has 2 nitrogen and oxygen atoms in total. The van der Waals surface area contributed by atoms with Gasteiger partial charge in [-0.3, -0.25) is 4.79 Å². The van der Waals surface area contributed by atoms with Crippen molar-refractivity contribution in [3.63, 3.8) is 0 Å². The zero-order valence-electron chi connectivity index (χ0n) is 10.1. The summed E-state index contributed by atoms with van der Waals surface area (Å²) in [6.07, 6.45) is -8.96. The molecule has 1 N–H and O–H groups in total. The molecule has 1 aromatic carbocycles. The lowest BCUT2D eigenvalue weighted by Gasteiger charge is -2.10. The SMILES string of the molecule is O=c1cc(-c2cccc(C(F)(F)F)c2)[nH]cc1C(F)(F)F. The summed E-state index contributed by atoms with van der Waals surface area (Å²) in [5.74, 6) is 0. The van der Waals surface area contributed by atoms with E-state index in [0.717, 1.165) is 18.2 Å². The molecule has 0 bridgehead atoms. The van der Waals surface area contributed by atoms with E-state index in [9.17, 15) is 31.1 Å². The Labute approximate surface area is 114 Å². The van der Waals surface area contributed by atoms with Crippen molar-refractivity contribution in [3.8, 4) is 11.3 Å². The number of benzene rings is 1. The fourth-order valence-electron chi connectivity index (χ4n) is 1.72. The van der Waals surface area contributed by atoms with Crippen molar-refractivity contribution in [1.29, 1.82) is 0 Å². The first-order valence-corrected chi connectivity index (χ1v) is 5.56. The van der Waals surface area contributed by atoms with Gasteiger partial charge in [0.05, 0.1) is 5.56 Å². The van der Waals surface area contributed by atoms with Gasteiger partial charge in [-0.25, -0.2) is 0 Å². The van der Waals surface area contributed by atoms with Crippen LogP contribution in [0.3, 0.4) is 0 Å². The maximum absolute atomic E-state index is 12.6. The molecule has 2 rings (SSSR count). The van der Waals surface area contributed by atoms with Crippen molar-refractivity contribution in [2.75, 3.05) is 0 Å². The quantitative estimate of drug-likeness (QED) is 0.791. The number of hydrogen-bond donors (Lipinski definition) is 1. The van der Waals surface area contributed by atoms with Crippen LogP contribution in [0.1, 0.15) is 11.1 Å². The summed E-state index contributed by atoms with van der Waals surface area (Å²) < 4.78 is 75.0. The first kappa shape index (κ1) is 15.1. The largest absolute Gasteiger partial charge is 0.421 e. The standard InChI is InChI=1S/C13H7F6NO/c14-12(15,16)8-3-1-2-7(4-8)10-5-11(21)9(6-20-10)13(17,18)19/h1-6H,(H,20,21). The number of H-pyrrole nitrogens is 1. The lowest BCUT2D eigenvalue weighted by molar-refractivity contribution is -0.139. The van der Waals surface area contributed by atoms with Gasteiger partial charge in [0.2, 0.25) is 0 Å². The van der Waals surface area contributed by atoms with Crippen molar-refractivity contribution < 1.29 is 26.3 Å². The van der Waals surface area contributed by atoms with Gasteiger partial charge in [0.25, 0.3) is 0 Å². The van der Waals surface area contributed by atoms with Crippen molar-refractivity contribution in [1.82, 2.24) is 4.98 Å². The van der Waals surface area contributed by atoms with E-state index >= 15 is 0 Å². The summed E-state index contributed by atoms with van der Waals surface area (Å²) in [6, 6.07) is 4.56. The monoisotopic (exact) mass is 307 g/mol. The Hall–Kier alpha value is -2.25. The van der Waals surface area contributed by atoms with Gasteiger partial charge in [0, 0.05) is 18.0 Å². The zero-order valence-corrected chi connectivity index (χ0v) is 10.1. The Morgan fingerprint density at radius 2 is 1.57 bits per heavy atom. The highest BCUT2D eigenvalue weighted by Crippen LogP contribution is 2.32. The fourth-order valence-corrected chi connectivity index (χ4v) is 1.72. The van der Waals surface area contributed by atoms with E-state index in [1.54, 1.807) is 0 Å². The third-order valence-corrected chi connectivity index (χ3v) is 2.72. The second-order valence-electron chi connectivity index (χ2n) is 4.20. The van der Waals surface area contributed by atoms with Crippen molar-refractivity contribution in [2.45, 2.75) is 12.4 Å². The second kappa shape index (κ2) is 4.94. The predicted molar refractivity (Wildman–Crippen MR) is 62.5 cm³/mol. The van der Waals surface area contributed by atoms with Crippen molar-refractivity contribution in [2.24, 2.45) is 0 Å². The van der Waals surface area contributed by atoms with Gasteiger partial charge in [-0.05, 0) is 17.7 Å². The lowest BCUT2D eigenvalue weighted by atomic mass is 10.1. The first-order valence-electron chi connectivity index (χ1n) is 5.56. The van der Waals surface area contributed by atoms with E-state index in [1.165, 1.54) is 6.07 Å². The molecule has 0 atom stereocenters. The zero-order chi connectivity index (χ0) is 15.8. The number of hydrogen-bond acceptors (Lipinski definition) is 1. The third-order valence-electron chi connectivity index (χ3n) is 2.72. The van der Waals surface area contributed by atoms with Gasteiger partial charge in [-0.1, -0.05) is 12.1 Å². The van der Waals surface area contributed by atoms with Crippen LogP contribution in [-0.2, 0) is 12.4 Å². The lowest BCUT2D eigenvalue weighted by Crippen LogP contribution is -2.19. The molecule has 0 aliphatic carbocycles. The number of rotatable bonds is 1. The van der Waals surface area contributed by atoms with E-state index in [1.807, 2.05) is 0 Å². The van der Waals surface area contributed by atoms with E-state index < -0.39 is 28.9 Å². The third kappa shape index (κ3) is 3.26. The Bertz CT molecular complexity index is 714. The summed E-state index contributed by atoms with van der Waals surface area (Å²) in [4.78, 5) is 13.6. The molecule has 0 spiro atoms. The molecule has 8 heteroatoms. The predicted octanol–water partition coefficient (Wildman–Crippen LogP) is 4.08. The van der Waals surface area contributed by atoms with E-state index in [-0.39, 0.29) is 11.3 Å². The number of alkyl halides is 6. The molecule has 0 radical (unpaired) electrons. The second-order valence-corrected chi connectivity index (χ2v) is 4.20. The molecular formula is C13H7F6NO. The molecule has 0 saturated carbocycles. The van der Waals surface area contributed by atoms with Crippen LogP contribution in [0.2, 0.25) is 0 Å². The molecule has 1 heterocycles. The van der Waals surface area contributed by atoms with Crippen LogP contribution in [0.4, 0.5) is 26.3 Å². The Balaban J connectivity index is 2.49. The van der Waals surface area contributed by atoms with Gasteiger partial charge in [0.1, 0.15) is 5.56 Å². The highest BCUT2D eigenvalue weighted by atomic mass is 19.4. The van der Waals surface area contributed by atoms with Gasteiger partial charge in [-0.2, -0.15) is 26.3 Å². The maximum Gasteiger partial charge on any atom is 0.421 e. The Morgan fingerprint density at radius 3 is 2.10 bits per heavy atom. The normalized spacial score (nSPS) is 12.5. The molecule has 0 aliphatic heterocycles. The van der Waals surface area contributed by atoms with E-state index in [2.05, 4.69) is 4.98 Å². The van der Waals surface area contributed by atoms with Crippen LogP contribution in [0.15, 0.2) is 41.3 Å². The summed E-state index contributed by atoms with van der Waals surface area (Å²) in [5.41, 5.74) is -3.83. The summed E-state index contributed by atoms with van der Waals surface area (Å²) in [6.45, 7) is 0. The minimum atomic E-state index is -4.82. The number of halogens is 6. The fraction of sp³-hybridized carbons (Fsp3) is 0.154. The molecule has 112 valence electrons. The number of nitrogens with one attached hydrogen (secondary N) is 1. The number of pyridine rings is 1. The number of aromatic amines is 1.